The molecular weight excluding hydrogens is 324 g/mol. The van der Waals surface area contributed by atoms with E-state index in [0.29, 0.717) is 12.4 Å². The van der Waals surface area contributed by atoms with Crippen molar-refractivity contribution in [2.24, 2.45) is 7.05 Å². The molecule has 1 aliphatic heterocycles. The maximum Gasteiger partial charge on any atom is 0.259 e. The molecule has 1 aromatic carbocycles. The van der Waals surface area contributed by atoms with Crippen LogP contribution in [0.5, 0.6) is 0 Å². The van der Waals surface area contributed by atoms with Crippen LogP contribution < -0.4 is 4.72 Å². The smallest absolute Gasteiger partial charge is 0.259 e. The second-order valence-corrected chi connectivity index (χ2v) is 8.17. The Hall–Kier alpha value is -1.70. The largest absolute Gasteiger partial charge is 0.337 e. The van der Waals surface area contributed by atoms with Gasteiger partial charge in [-0.05, 0) is 31.4 Å². The lowest BCUT2D eigenvalue weighted by molar-refractivity contribution is 0.237. The van der Waals surface area contributed by atoms with E-state index in [2.05, 4.69) is 38.9 Å². The average molecular weight is 348 g/mol. The highest BCUT2D eigenvalue weighted by Crippen LogP contribution is 2.18. The summed E-state index contributed by atoms with van der Waals surface area (Å²) in [6.45, 7) is 6.18. The molecule has 1 aliphatic rings. The van der Waals surface area contributed by atoms with Gasteiger partial charge in [0.25, 0.3) is 10.0 Å². The molecule has 0 spiro atoms. The van der Waals surface area contributed by atoms with Gasteiger partial charge in [0.1, 0.15) is 5.82 Å². The molecule has 1 N–H and O–H groups in total. The third kappa shape index (κ3) is 3.68. The summed E-state index contributed by atoms with van der Waals surface area (Å²) in [5, 5.41) is 0.0818. The quantitative estimate of drug-likeness (QED) is 0.888. The van der Waals surface area contributed by atoms with Gasteiger partial charge in [0.15, 0.2) is 5.03 Å². The second kappa shape index (κ2) is 6.66. The number of hydrogen-bond donors (Lipinski definition) is 1. The first kappa shape index (κ1) is 17.1. The Labute approximate surface area is 143 Å². The van der Waals surface area contributed by atoms with E-state index in [4.69, 9.17) is 0 Å². The summed E-state index contributed by atoms with van der Waals surface area (Å²) in [5.41, 5.74) is 2.73. The minimum absolute atomic E-state index is 0.0818. The van der Waals surface area contributed by atoms with E-state index in [1.807, 2.05) is 6.92 Å². The van der Waals surface area contributed by atoms with E-state index < -0.39 is 10.0 Å². The van der Waals surface area contributed by atoms with Crippen molar-refractivity contribution in [2.75, 3.05) is 13.1 Å². The van der Waals surface area contributed by atoms with Gasteiger partial charge in [-0.3, -0.25) is 4.90 Å². The molecule has 6 nitrogen and oxygen atoms in total. The molecule has 0 fully saturated rings. The van der Waals surface area contributed by atoms with Crippen LogP contribution in [0, 0.1) is 6.92 Å². The number of nitrogens with zero attached hydrogens (tertiary/aromatic N) is 3. The molecule has 2 aromatic rings. The SMILES string of the molecule is Cc1nc(S(=O)(=O)N[C@@H](C)CN2CCc3ccccc3C2)cn1C. The van der Waals surface area contributed by atoms with Crippen LogP contribution in [0.1, 0.15) is 23.9 Å². The summed E-state index contributed by atoms with van der Waals surface area (Å²) in [7, 11) is -1.79. The molecule has 1 atom stereocenters. The lowest BCUT2D eigenvalue weighted by atomic mass is 10.00. The van der Waals surface area contributed by atoms with E-state index in [1.54, 1.807) is 24.7 Å². The highest BCUT2D eigenvalue weighted by molar-refractivity contribution is 7.89. The summed E-state index contributed by atoms with van der Waals surface area (Å²) < 4.78 is 29.3. The molecule has 0 radical (unpaired) electrons. The summed E-state index contributed by atoms with van der Waals surface area (Å²) >= 11 is 0. The van der Waals surface area contributed by atoms with Gasteiger partial charge in [0.05, 0.1) is 0 Å². The molecule has 7 heteroatoms. The minimum atomic E-state index is -3.58. The summed E-state index contributed by atoms with van der Waals surface area (Å²) in [6.07, 6.45) is 2.55. The molecule has 0 aliphatic carbocycles. The Balaban J connectivity index is 1.63. The number of fused-ring (bicyclic) bond motifs is 1. The first-order valence-electron chi connectivity index (χ1n) is 8.16. The van der Waals surface area contributed by atoms with E-state index in [9.17, 15) is 8.42 Å². The summed E-state index contributed by atoms with van der Waals surface area (Å²) in [5.74, 6) is 0.677. The monoisotopic (exact) mass is 348 g/mol. The summed E-state index contributed by atoms with van der Waals surface area (Å²) in [6, 6.07) is 8.26. The fourth-order valence-corrected chi connectivity index (χ4v) is 4.39. The number of aromatic nitrogens is 2. The predicted octanol–water partition coefficient (Wildman–Crippen LogP) is 1.45. The zero-order chi connectivity index (χ0) is 17.3. The Kier molecular flexibility index (Phi) is 4.76. The topological polar surface area (TPSA) is 67.2 Å². The van der Waals surface area contributed by atoms with Crippen molar-refractivity contribution in [3.8, 4) is 0 Å². The predicted molar refractivity (Wildman–Crippen MR) is 93.2 cm³/mol. The fraction of sp³-hybridized carbons (Fsp3) is 0.471. The van der Waals surface area contributed by atoms with Crippen molar-refractivity contribution < 1.29 is 8.42 Å². The molecule has 24 heavy (non-hydrogen) atoms. The first-order valence-corrected chi connectivity index (χ1v) is 9.65. The lowest BCUT2D eigenvalue weighted by Crippen LogP contribution is -2.43. The fourth-order valence-electron chi connectivity index (χ4n) is 3.12. The molecule has 0 unspecified atom stereocenters. The first-order chi connectivity index (χ1) is 11.3. The Morgan fingerprint density at radius 1 is 1.29 bits per heavy atom. The zero-order valence-corrected chi connectivity index (χ0v) is 15.2. The van der Waals surface area contributed by atoms with Gasteiger partial charge >= 0.3 is 0 Å². The van der Waals surface area contributed by atoms with Gasteiger partial charge in [-0.25, -0.2) is 18.1 Å². The molecule has 0 bridgehead atoms. The third-order valence-electron chi connectivity index (χ3n) is 4.46. The van der Waals surface area contributed by atoms with Crippen molar-refractivity contribution in [3.05, 3.63) is 47.4 Å². The van der Waals surface area contributed by atoms with Crippen LogP contribution in [0.3, 0.4) is 0 Å². The third-order valence-corrected chi connectivity index (χ3v) is 5.92. The van der Waals surface area contributed by atoms with E-state index in [0.717, 1.165) is 19.5 Å². The van der Waals surface area contributed by atoms with Crippen LogP contribution in [0.25, 0.3) is 0 Å². The van der Waals surface area contributed by atoms with Crippen molar-refractivity contribution in [3.63, 3.8) is 0 Å². The number of imidazole rings is 1. The Bertz CT molecular complexity index is 809. The van der Waals surface area contributed by atoms with Gasteiger partial charge in [-0.2, -0.15) is 0 Å². The van der Waals surface area contributed by atoms with Gasteiger partial charge in [-0.1, -0.05) is 24.3 Å². The van der Waals surface area contributed by atoms with Gasteiger partial charge < -0.3 is 4.57 Å². The molecule has 0 amide bonds. The molecule has 2 heterocycles. The van der Waals surface area contributed by atoms with E-state index >= 15 is 0 Å². The van der Waals surface area contributed by atoms with Crippen LogP contribution in [0.2, 0.25) is 0 Å². The summed E-state index contributed by atoms with van der Waals surface area (Å²) in [4.78, 5) is 6.40. The lowest BCUT2D eigenvalue weighted by Gasteiger charge is -2.30. The van der Waals surface area contributed by atoms with Crippen LogP contribution in [-0.4, -0.2) is 42.0 Å². The maximum atomic E-state index is 12.4. The number of aryl methyl sites for hydroxylation is 2. The van der Waals surface area contributed by atoms with E-state index in [1.165, 1.54) is 11.1 Å². The van der Waals surface area contributed by atoms with Gasteiger partial charge in [-0.15, -0.1) is 0 Å². The van der Waals surface area contributed by atoms with Gasteiger partial charge in [0.2, 0.25) is 0 Å². The highest BCUT2D eigenvalue weighted by atomic mass is 32.2. The van der Waals surface area contributed by atoms with E-state index in [-0.39, 0.29) is 11.1 Å². The van der Waals surface area contributed by atoms with Gasteiger partial charge in [0, 0.05) is 38.9 Å². The van der Waals surface area contributed by atoms with Crippen LogP contribution >= 0.6 is 0 Å². The number of nitrogens with one attached hydrogen (secondary N) is 1. The standard InChI is InChI=1S/C17H24N4O2S/c1-13(19-24(22,23)17-12-20(3)14(2)18-17)10-21-9-8-15-6-4-5-7-16(15)11-21/h4-7,12-13,19H,8-11H2,1-3H3/t13-/m0/s1. The average Bonchev–Trinajstić information content (AvgIpc) is 2.87. The van der Waals surface area contributed by atoms with Crippen LogP contribution in [0.15, 0.2) is 35.5 Å². The number of hydrogen-bond acceptors (Lipinski definition) is 4. The molecule has 0 saturated carbocycles. The Morgan fingerprint density at radius 2 is 2.00 bits per heavy atom. The van der Waals surface area contributed by atoms with Crippen molar-refractivity contribution >= 4 is 10.0 Å². The van der Waals surface area contributed by atoms with Crippen molar-refractivity contribution in [1.29, 1.82) is 0 Å². The second-order valence-electron chi connectivity index (χ2n) is 6.51. The Morgan fingerprint density at radius 3 is 2.67 bits per heavy atom. The minimum Gasteiger partial charge on any atom is -0.337 e. The number of benzene rings is 1. The maximum absolute atomic E-state index is 12.4. The van der Waals surface area contributed by atoms with Crippen molar-refractivity contribution in [1.82, 2.24) is 19.2 Å². The number of sulfonamides is 1. The normalized spacial score (nSPS) is 16.8. The van der Waals surface area contributed by atoms with Crippen molar-refractivity contribution in [2.45, 2.75) is 37.9 Å². The zero-order valence-electron chi connectivity index (χ0n) is 14.4. The van der Waals surface area contributed by atoms with Crippen LogP contribution in [0.4, 0.5) is 0 Å². The molecule has 130 valence electrons. The number of rotatable bonds is 5. The molecular formula is C17H24N4O2S. The molecule has 1 aromatic heterocycles. The highest BCUT2D eigenvalue weighted by Gasteiger charge is 2.23. The molecule has 0 saturated heterocycles. The molecule has 3 rings (SSSR count). The van der Waals surface area contributed by atoms with Crippen LogP contribution in [-0.2, 0) is 30.0 Å².